The van der Waals surface area contributed by atoms with Gasteiger partial charge in [0.1, 0.15) is 16.4 Å². The van der Waals surface area contributed by atoms with Crippen LogP contribution in [-0.4, -0.2) is 94.3 Å². The number of halogens is 3. The van der Waals surface area contributed by atoms with Gasteiger partial charge < -0.3 is 24.8 Å². The molecule has 10 nitrogen and oxygen atoms in total. The van der Waals surface area contributed by atoms with Gasteiger partial charge in [0.15, 0.2) is 0 Å². The van der Waals surface area contributed by atoms with E-state index in [2.05, 4.69) is 5.32 Å². The number of piperazine rings is 1. The third-order valence-corrected chi connectivity index (χ3v) is 7.37. The molecule has 1 heterocycles. The maximum atomic E-state index is 13.6. The molecule has 2 N–H and O–H groups in total. The highest BCUT2D eigenvalue weighted by molar-refractivity contribution is 7.89. The number of hydrogen-bond donors (Lipinski definition) is 2. The molecule has 0 radical (unpaired) electrons. The summed E-state index contributed by atoms with van der Waals surface area (Å²) in [5.74, 6) is -2.36. The first kappa shape index (κ1) is 30.9. The molecule has 38 heavy (non-hydrogen) atoms. The van der Waals surface area contributed by atoms with Crippen molar-refractivity contribution in [2.75, 3.05) is 53.5 Å². The smallest absolute Gasteiger partial charge is 0.490 e. The van der Waals surface area contributed by atoms with Gasteiger partial charge in [-0.1, -0.05) is 30.3 Å². The Morgan fingerprint density at radius 1 is 1.05 bits per heavy atom. The van der Waals surface area contributed by atoms with Gasteiger partial charge in [-0.15, -0.1) is 0 Å². The predicted molar refractivity (Wildman–Crippen MR) is 132 cm³/mol. The molecule has 1 aliphatic heterocycles. The summed E-state index contributed by atoms with van der Waals surface area (Å²) in [5, 5.41) is 10.3. The number of rotatable bonds is 9. The van der Waals surface area contributed by atoms with Crippen LogP contribution < -0.4 is 14.8 Å². The van der Waals surface area contributed by atoms with Gasteiger partial charge >= 0.3 is 12.1 Å². The van der Waals surface area contributed by atoms with E-state index >= 15 is 0 Å². The lowest BCUT2D eigenvalue weighted by Gasteiger charge is -2.30. The molecule has 0 atom stereocenters. The molecule has 2 aromatic rings. The zero-order chi connectivity index (χ0) is 28.3. The van der Waals surface area contributed by atoms with Crippen molar-refractivity contribution in [1.82, 2.24) is 14.5 Å². The number of carboxylic acid groups (broad SMARTS) is 1. The van der Waals surface area contributed by atoms with Crippen molar-refractivity contribution in [2.45, 2.75) is 17.5 Å². The highest BCUT2D eigenvalue weighted by atomic mass is 32.2. The number of amides is 1. The minimum atomic E-state index is -5.08. The lowest BCUT2D eigenvalue weighted by atomic mass is 10.1. The van der Waals surface area contributed by atoms with Crippen LogP contribution in [0, 0.1) is 0 Å². The SMILES string of the molecule is COc1ccc(OC)c(S(=O)(=O)N(CCc2ccccc2)CC(=O)N2CCNCC2)c1.O=C(O)C(F)(F)F. The van der Waals surface area contributed by atoms with Crippen LogP contribution in [0.3, 0.4) is 0 Å². The third-order valence-electron chi connectivity index (χ3n) is 5.51. The summed E-state index contributed by atoms with van der Waals surface area (Å²) in [5.41, 5.74) is 0.995. The van der Waals surface area contributed by atoms with Gasteiger partial charge in [0.25, 0.3) is 0 Å². The number of hydrogen-bond acceptors (Lipinski definition) is 7. The molecule has 2 aromatic carbocycles. The number of benzene rings is 2. The van der Waals surface area contributed by atoms with Crippen LogP contribution in [0.2, 0.25) is 0 Å². The van der Waals surface area contributed by atoms with Crippen LogP contribution in [0.1, 0.15) is 5.56 Å². The second-order valence-electron chi connectivity index (χ2n) is 8.02. The largest absolute Gasteiger partial charge is 0.497 e. The van der Waals surface area contributed by atoms with E-state index < -0.39 is 22.2 Å². The topological polar surface area (TPSA) is 125 Å². The van der Waals surface area contributed by atoms with Crippen LogP contribution in [0.15, 0.2) is 53.4 Å². The van der Waals surface area contributed by atoms with Crippen molar-refractivity contribution in [3.63, 3.8) is 0 Å². The van der Waals surface area contributed by atoms with E-state index in [-0.39, 0.29) is 29.6 Å². The van der Waals surface area contributed by atoms with E-state index in [0.29, 0.717) is 38.3 Å². The first-order valence-corrected chi connectivity index (χ1v) is 12.9. The quantitative estimate of drug-likeness (QED) is 0.477. The molecule has 210 valence electrons. The normalized spacial score (nSPS) is 13.9. The Kier molecular flexibility index (Phi) is 11.4. The van der Waals surface area contributed by atoms with E-state index in [1.54, 1.807) is 17.0 Å². The van der Waals surface area contributed by atoms with Gasteiger partial charge in [0.2, 0.25) is 15.9 Å². The predicted octanol–water partition coefficient (Wildman–Crippen LogP) is 2.00. The van der Waals surface area contributed by atoms with Crippen molar-refractivity contribution in [2.24, 2.45) is 0 Å². The highest BCUT2D eigenvalue weighted by Crippen LogP contribution is 2.31. The lowest BCUT2D eigenvalue weighted by Crippen LogP contribution is -2.50. The zero-order valence-corrected chi connectivity index (χ0v) is 21.7. The Morgan fingerprint density at radius 2 is 1.66 bits per heavy atom. The number of aliphatic carboxylic acids is 1. The third kappa shape index (κ3) is 8.89. The fraction of sp³-hybridized carbons (Fsp3) is 0.417. The zero-order valence-electron chi connectivity index (χ0n) is 20.9. The number of alkyl halides is 3. The lowest BCUT2D eigenvalue weighted by molar-refractivity contribution is -0.192. The summed E-state index contributed by atoms with van der Waals surface area (Å²) in [4.78, 5) is 23.5. The molecule has 1 saturated heterocycles. The molecule has 0 saturated carbocycles. The van der Waals surface area contributed by atoms with Gasteiger partial charge in [-0.3, -0.25) is 4.79 Å². The average molecular weight is 562 g/mol. The minimum absolute atomic E-state index is 0.0180. The second-order valence-corrected chi connectivity index (χ2v) is 9.93. The van der Waals surface area contributed by atoms with Crippen LogP contribution >= 0.6 is 0 Å². The molecule has 1 fully saturated rings. The van der Waals surface area contributed by atoms with E-state index in [0.717, 1.165) is 5.56 Å². The maximum absolute atomic E-state index is 13.6. The summed E-state index contributed by atoms with van der Waals surface area (Å²) < 4.78 is 70.7. The van der Waals surface area contributed by atoms with Crippen molar-refractivity contribution in [3.05, 3.63) is 54.1 Å². The molecule has 14 heteroatoms. The molecular weight excluding hydrogens is 531 g/mol. The van der Waals surface area contributed by atoms with Crippen LogP contribution in [-0.2, 0) is 26.0 Å². The van der Waals surface area contributed by atoms with E-state index in [4.69, 9.17) is 19.4 Å². The number of carboxylic acids is 1. The second kappa shape index (κ2) is 14.0. The summed E-state index contributed by atoms with van der Waals surface area (Å²) in [6.45, 7) is 2.47. The van der Waals surface area contributed by atoms with E-state index in [9.17, 15) is 26.4 Å². The number of methoxy groups -OCH3 is 2. The number of nitrogens with zero attached hydrogens (tertiary/aromatic N) is 2. The molecular formula is C24H30F3N3O7S. The first-order chi connectivity index (χ1) is 17.9. The number of ether oxygens (including phenoxy) is 2. The minimum Gasteiger partial charge on any atom is -0.497 e. The standard InChI is InChI=1S/C22H29N3O5S.C2HF3O2/c1-29-19-8-9-20(30-2)21(16-19)31(27,28)25(13-10-18-6-4-3-5-7-18)17-22(26)24-14-11-23-12-15-24;3-2(4,5)1(6)7/h3-9,16,23H,10-15,17H2,1-2H3;(H,6,7). The molecule has 3 rings (SSSR count). The number of carbonyl (C=O) groups is 2. The Morgan fingerprint density at radius 3 is 2.18 bits per heavy atom. The Hall–Kier alpha value is -3.36. The fourth-order valence-corrected chi connectivity index (χ4v) is 5.03. The highest BCUT2D eigenvalue weighted by Gasteiger charge is 2.38. The van der Waals surface area contributed by atoms with Gasteiger partial charge in [-0.2, -0.15) is 17.5 Å². The van der Waals surface area contributed by atoms with Crippen LogP contribution in [0.5, 0.6) is 11.5 Å². The molecule has 0 spiro atoms. The van der Waals surface area contributed by atoms with Crippen molar-refractivity contribution in [3.8, 4) is 11.5 Å². The molecule has 0 bridgehead atoms. The molecule has 0 unspecified atom stereocenters. The Bertz CT molecular complexity index is 1170. The Balaban J connectivity index is 0.000000638. The number of sulfonamides is 1. The molecule has 1 amide bonds. The van der Waals surface area contributed by atoms with Gasteiger partial charge in [0.05, 0.1) is 20.8 Å². The molecule has 0 aliphatic carbocycles. The summed E-state index contributed by atoms with van der Waals surface area (Å²) in [7, 11) is -1.13. The number of carbonyl (C=O) groups excluding carboxylic acids is 1. The molecule has 1 aliphatic rings. The van der Waals surface area contributed by atoms with Crippen LogP contribution in [0.4, 0.5) is 13.2 Å². The van der Waals surface area contributed by atoms with Crippen LogP contribution in [0.25, 0.3) is 0 Å². The first-order valence-electron chi connectivity index (χ1n) is 11.4. The summed E-state index contributed by atoms with van der Waals surface area (Å²) in [6.07, 6.45) is -4.60. The molecule has 0 aromatic heterocycles. The maximum Gasteiger partial charge on any atom is 0.490 e. The average Bonchev–Trinajstić information content (AvgIpc) is 2.91. The van der Waals surface area contributed by atoms with Gasteiger partial charge in [-0.25, -0.2) is 13.2 Å². The van der Waals surface area contributed by atoms with Crippen molar-refractivity contribution >= 4 is 21.9 Å². The Labute approximate surface area is 219 Å². The van der Waals surface area contributed by atoms with E-state index in [1.165, 1.54) is 24.6 Å². The summed E-state index contributed by atoms with van der Waals surface area (Å²) >= 11 is 0. The summed E-state index contributed by atoms with van der Waals surface area (Å²) in [6, 6.07) is 14.2. The monoisotopic (exact) mass is 561 g/mol. The van der Waals surface area contributed by atoms with Gasteiger partial charge in [0, 0.05) is 38.8 Å². The van der Waals surface area contributed by atoms with Crippen molar-refractivity contribution < 1.29 is 45.8 Å². The van der Waals surface area contributed by atoms with E-state index in [1.807, 2.05) is 30.3 Å². The number of nitrogens with one attached hydrogen (secondary N) is 1. The van der Waals surface area contributed by atoms with Crippen molar-refractivity contribution in [1.29, 1.82) is 0 Å². The van der Waals surface area contributed by atoms with Gasteiger partial charge in [-0.05, 0) is 24.1 Å². The fourth-order valence-electron chi connectivity index (χ4n) is 3.47.